The van der Waals surface area contributed by atoms with E-state index in [1.165, 1.54) is 33.4 Å². The first-order valence-electron chi connectivity index (χ1n) is 8.25. The van der Waals surface area contributed by atoms with Crippen LogP contribution in [0, 0.1) is 34.6 Å². The molecule has 0 amide bonds. The Labute approximate surface area is 154 Å². The Bertz CT molecular complexity index is 718. The lowest BCUT2D eigenvalue weighted by atomic mass is 9.90. The van der Waals surface area contributed by atoms with E-state index in [0.717, 1.165) is 17.1 Å². The van der Waals surface area contributed by atoms with Gasteiger partial charge in [0.2, 0.25) is 0 Å². The second kappa shape index (κ2) is 8.22. The minimum absolute atomic E-state index is 0.184. The van der Waals surface area contributed by atoms with Crippen LogP contribution in [0.2, 0.25) is 5.02 Å². The number of Topliss-reactive ketones (excluding diaryl/α,β-unsaturated/α-hetero) is 1. The molecule has 0 aromatic heterocycles. The summed E-state index contributed by atoms with van der Waals surface area (Å²) in [5.74, 6) is 1.99. The molecule has 0 aliphatic rings. The van der Waals surface area contributed by atoms with Gasteiger partial charge in [-0.05, 0) is 92.3 Å². The molecule has 2 aromatic rings. The highest BCUT2D eigenvalue weighted by atomic mass is 35.5. The fourth-order valence-electron chi connectivity index (χ4n) is 2.91. The van der Waals surface area contributed by atoms with Crippen molar-refractivity contribution in [3.63, 3.8) is 0 Å². The first kappa shape index (κ1) is 19.1. The Morgan fingerprint density at radius 1 is 0.875 bits per heavy atom. The topological polar surface area (TPSA) is 17.1 Å². The van der Waals surface area contributed by atoms with Gasteiger partial charge < -0.3 is 0 Å². The maximum atomic E-state index is 12.2. The Kier molecular flexibility index (Phi) is 6.54. The van der Waals surface area contributed by atoms with Gasteiger partial charge in [0.1, 0.15) is 0 Å². The maximum absolute atomic E-state index is 12.2. The van der Waals surface area contributed by atoms with Gasteiger partial charge in [0, 0.05) is 28.5 Å². The monoisotopic (exact) mass is 360 g/mol. The van der Waals surface area contributed by atoms with Crippen molar-refractivity contribution >= 4 is 29.1 Å². The fraction of sp³-hybridized carbons (Fsp3) is 0.381. The molecule has 0 fully saturated rings. The Balaban J connectivity index is 1.95. The first-order chi connectivity index (χ1) is 11.3. The Hall–Kier alpha value is -1.25. The molecule has 0 N–H and O–H groups in total. The van der Waals surface area contributed by atoms with Crippen LogP contribution < -0.4 is 0 Å². The zero-order valence-corrected chi connectivity index (χ0v) is 16.7. The molecule has 0 unspecified atom stereocenters. The van der Waals surface area contributed by atoms with Crippen LogP contribution in [0.4, 0.5) is 0 Å². The SMILES string of the molecule is Cc1c(C)c(C)c(CSCCC(=O)c2ccc(Cl)cc2)c(C)c1C. The van der Waals surface area contributed by atoms with Crippen LogP contribution in [0.25, 0.3) is 0 Å². The van der Waals surface area contributed by atoms with E-state index in [4.69, 9.17) is 11.6 Å². The lowest BCUT2D eigenvalue weighted by Crippen LogP contribution is -2.03. The molecule has 2 aromatic carbocycles. The number of carbonyl (C=O) groups is 1. The van der Waals surface area contributed by atoms with Crippen LogP contribution in [0.5, 0.6) is 0 Å². The van der Waals surface area contributed by atoms with Gasteiger partial charge in [-0.3, -0.25) is 4.79 Å². The van der Waals surface area contributed by atoms with E-state index in [2.05, 4.69) is 34.6 Å². The zero-order valence-electron chi connectivity index (χ0n) is 15.1. The van der Waals surface area contributed by atoms with Gasteiger partial charge in [-0.15, -0.1) is 0 Å². The second-order valence-electron chi connectivity index (χ2n) is 6.34. The van der Waals surface area contributed by atoms with E-state index < -0.39 is 0 Å². The highest BCUT2D eigenvalue weighted by Crippen LogP contribution is 2.29. The smallest absolute Gasteiger partial charge is 0.163 e. The van der Waals surface area contributed by atoms with Gasteiger partial charge in [-0.2, -0.15) is 11.8 Å². The molecule has 0 aliphatic carbocycles. The number of hydrogen-bond acceptors (Lipinski definition) is 2. The van der Waals surface area contributed by atoms with Gasteiger partial charge in [0.25, 0.3) is 0 Å². The van der Waals surface area contributed by atoms with Crippen LogP contribution in [0.1, 0.15) is 50.2 Å². The van der Waals surface area contributed by atoms with E-state index in [9.17, 15) is 4.79 Å². The summed E-state index contributed by atoms with van der Waals surface area (Å²) >= 11 is 7.70. The number of benzene rings is 2. The van der Waals surface area contributed by atoms with Crippen molar-refractivity contribution < 1.29 is 4.79 Å². The summed E-state index contributed by atoms with van der Waals surface area (Å²) in [4.78, 5) is 12.2. The number of ketones is 1. The summed E-state index contributed by atoms with van der Waals surface area (Å²) in [5, 5.41) is 0.664. The molecule has 128 valence electrons. The van der Waals surface area contributed by atoms with Gasteiger partial charge in [0.05, 0.1) is 0 Å². The van der Waals surface area contributed by atoms with E-state index >= 15 is 0 Å². The van der Waals surface area contributed by atoms with Gasteiger partial charge >= 0.3 is 0 Å². The van der Waals surface area contributed by atoms with Crippen molar-refractivity contribution in [3.8, 4) is 0 Å². The molecule has 0 heterocycles. The van der Waals surface area contributed by atoms with Crippen molar-refractivity contribution in [2.24, 2.45) is 0 Å². The molecule has 24 heavy (non-hydrogen) atoms. The molecule has 2 rings (SSSR count). The number of hydrogen-bond donors (Lipinski definition) is 0. The van der Waals surface area contributed by atoms with E-state index in [1.54, 1.807) is 24.3 Å². The number of thioether (sulfide) groups is 1. The first-order valence-corrected chi connectivity index (χ1v) is 9.78. The second-order valence-corrected chi connectivity index (χ2v) is 7.88. The highest BCUT2D eigenvalue weighted by Gasteiger charge is 2.12. The summed E-state index contributed by atoms with van der Waals surface area (Å²) in [5.41, 5.74) is 9.15. The molecule has 0 aliphatic heterocycles. The molecule has 3 heteroatoms. The van der Waals surface area contributed by atoms with Crippen LogP contribution in [-0.2, 0) is 5.75 Å². The predicted molar refractivity (Wildman–Crippen MR) is 107 cm³/mol. The van der Waals surface area contributed by atoms with Crippen molar-refractivity contribution in [3.05, 3.63) is 68.2 Å². The third-order valence-corrected chi connectivity index (χ3v) is 6.28. The standard InChI is InChI=1S/C21H25ClOS/c1-13-14(2)16(4)20(17(5)15(13)3)12-24-11-10-21(23)18-6-8-19(22)9-7-18/h6-9H,10-12H2,1-5H3. The number of halogens is 1. The maximum Gasteiger partial charge on any atom is 0.163 e. The lowest BCUT2D eigenvalue weighted by Gasteiger charge is -2.18. The zero-order chi connectivity index (χ0) is 17.9. The summed E-state index contributed by atoms with van der Waals surface area (Å²) in [6.07, 6.45) is 0.564. The van der Waals surface area contributed by atoms with E-state index in [0.29, 0.717) is 11.4 Å². The summed E-state index contributed by atoms with van der Waals surface area (Å²) in [7, 11) is 0. The lowest BCUT2D eigenvalue weighted by molar-refractivity contribution is 0.0989. The predicted octanol–water partition coefficient (Wildman–Crippen LogP) is 6.39. The average molecular weight is 361 g/mol. The quantitative estimate of drug-likeness (QED) is 0.438. The summed E-state index contributed by atoms with van der Waals surface area (Å²) in [6, 6.07) is 7.14. The molecule has 0 spiro atoms. The van der Waals surface area contributed by atoms with Crippen molar-refractivity contribution in [2.75, 3.05) is 5.75 Å². The number of carbonyl (C=O) groups excluding carboxylic acids is 1. The number of rotatable bonds is 6. The normalized spacial score (nSPS) is 10.9. The van der Waals surface area contributed by atoms with E-state index in [-0.39, 0.29) is 5.78 Å². The van der Waals surface area contributed by atoms with Crippen molar-refractivity contribution in [2.45, 2.75) is 46.8 Å². The van der Waals surface area contributed by atoms with Crippen LogP contribution >= 0.6 is 23.4 Å². The molecule has 0 atom stereocenters. The summed E-state index contributed by atoms with van der Waals surface area (Å²) in [6.45, 7) is 11.0. The van der Waals surface area contributed by atoms with Crippen LogP contribution in [-0.4, -0.2) is 11.5 Å². The van der Waals surface area contributed by atoms with Gasteiger partial charge in [-0.1, -0.05) is 11.6 Å². The largest absolute Gasteiger partial charge is 0.294 e. The van der Waals surface area contributed by atoms with Crippen molar-refractivity contribution in [1.82, 2.24) is 0 Å². The molecule has 0 bridgehead atoms. The third-order valence-electron chi connectivity index (χ3n) is 5.04. The van der Waals surface area contributed by atoms with Crippen molar-refractivity contribution in [1.29, 1.82) is 0 Å². The highest BCUT2D eigenvalue weighted by molar-refractivity contribution is 7.98. The molecule has 0 radical (unpaired) electrons. The third kappa shape index (κ3) is 4.23. The minimum Gasteiger partial charge on any atom is -0.294 e. The van der Waals surface area contributed by atoms with Gasteiger partial charge in [0.15, 0.2) is 5.78 Å². The molecule has 1 nitrogen and oxygen atoms in total. The summed E-state index contributed by atoms with van der Waals surface area (Å²) < 4.78 is 0. The molecule has 0 saturated heterocycles. The Morgan fingerprint density at radius 3 is 1.92 bits per heavy atom. The fourth-order valence-corrected chi connectivity index (χ4v) is 4.15. The van der Waals surface area contributed by atoms with E-state index in [1.807, 2.05) is 11.8 Å². The molecular formula is C21H25ClOS. The van der Waals surface area contributed by atoms with Crippen LogP contribution in [0.3, 0.4) is 0 Å². The van der Waals surface area contributed by atoms with Crippen LogP contribution in [0.15, 0.2) is 24.3 Å². The average Bonchev–Trinajstić information content (AvgIpc) is 2.58. The Morgan fingerprint density at radius 2 is 1.38 bits per heavy atom. The molecule has 0 saturated carbocycles. The minimum atomic E-state index is 0.184. The molecular weight excluding hydrogens is 336 g/mol. The van der Waals surface area contributed by atoms with Gasteiger partial charge in [-0.25, -0.2) is 0 Å².